The van der Waals surface area contributed by atoms with Crippen LogP contribution < -0.4 is 0 Å². The predicted octanol–water partition coefficient (Wildman–Crippen LogP) is 1.90. The summed E-state index contributed by atoms with van der Waals surface area (Å²) in [6, 6.07) is 6.60. The molecule has 0 saturated carbocycles. The maximum absolute atomic E-state index is 11.4. The van der Waals surface area contributed by atoms with Crippen LogP contribution in [-0.2, 0) is 22.1 Å². The highest BCUT2D eigenvalue weighted by molar-refractivity contribution is 7.89. The minimum Gasteiger partial charge on any atom is -0.478 e. The molecule has 1 N–H and O–H groups in total. The van der Waals surface area contributed by atoms with Crippen LogP contribution in [0.2, 0.25) is 0 Å². The second-order valence-electron chi connectivity index (χ2n) is 4.53. The number of carboxylic acid groups (broad SMARTS) is 1. The lowest BCUT2D eigenvalue weighted by Gasteiger charge is -2.07. The van der Waals surface area contributed by atoms with Crippen LogP contribution in [0.3, 0.4) is 0 Å². The van der Waals surface area contributed by atoms with Crippen molar-refractivity contribution in [2.24, 2.45) is 0 Å². The van der Waals surface area contributed by atoms with Gasteiger partial charge in [-0.2, -0.15) is 0 Å². The lowest BCUT2D eigenvalue weighted by atomic mass is 10.1. The van der Waals surface area contributed by atoms with Crippen LogP contribution in [0, 0.1) is 0 Å². The molecule has 0 fully saturated rings. The van der Waals surface area contributed by atoms with Crippen molar-refractivity contribution in [1.82, 2.24) is 4.57 Å². The Morgan fingerprint density at radius 3 is 2.53 bits per heavy atom. The first kappa shape index (κ1) is 13.6. The fraction of sp³-hybridized carbons (Fsp3) is 0.308. The van der Waals surface area contributed by atoms with Gasteiger partial charge in [-0.1, -0.05) is 6.07 Å². The second kappa shape index (κ2) is 4.70. The minimum absolute atomic E-state index is 0.0437. The Balaban J connectivity index is 2.65. The molecule has 2 rings (SSSR count). The molecule has 6 heteroatoms. The zero-order valence-electron chi connectivity index (χ0n) is 10.8. The number of aryl methyl sites for hydroxylation is 1. The number of hydrogen-bond donors (Lipinski definition) is 1. The molecule has 0 aliphatic heterocycles. The highest BCUT2D eigenvalue weighted by atomic mass is 32.2. The molecule has 1 aromatic carbocycles. The van der Waals surface area contributed by atoms with E-state index < -0.39 is 15.8 Å². The molecule has 0 aliphatic carbocycles. The highest BCUT2D eigenvalue weighted by Crippen LogP contribution is 2.23. The van der Waals surface area contributed by atoms with Gasteiger partial charge in [-0.25, -0.2) is 13.2 Å². The number of rotatable bonds is 4. The minimum atomic E-state index is -3.12. The Bertz CT molecular complexity index is 743. The normalized spacial score (nSPS) is 11.9. The summed E-state index contributed by atoms with van der Waals surface area (Å²) in [5.41, 5.74) is 1.63. The van der Waals surface area contributed by atoms with E-state index >= 15 is 0 Å². The Morgan fingerprint density at radius 1 is 1.32 bits per heavy atom. The lowest BCUT2D eigenvalue weighted by molar-refractivity contribution is 0.0697. The zero-order chi connectivity index (χ0) is 14.2. The number of aromatic carboxylic acids is 1. The standard InChI is InChI=1S/C13H15NO4S/c1-3-14-11(8-19(2,17)18)6-9-4-5-10(13(15)16)7-12(9)14/h4-7H,3,8H2,1-2H3,(H,15,16). The van der Waals surface area contributed by atoms with Crippen LogP contribution in [0.5, 0.6) is 0 Å². The van der Waals surface area contributed by atoms with Gasteiger partial charge in [0.15, 0.2) is 9.84 Å². The molecule has 0 atom stereocenters. The van der Waals surface area contributed by atoms with Crippen molar-refractivity contribution in [3.05, 3.63) is 35.5 Å². The molecular weight excluding hydrogens is 266 g/mol. The fourth-order valence-corrected chi connectivity index (χ4v) is 2.98. The number of benzene rings is 1. The van der Waals surface area contributed by atoms with Crippen molar-refractivity contribution in [3.63, 3.8) is 0 Å². The first-order chi connectivity index (χ1) is 8.81. The average Bonchev–Trinajstić information content (AvgIpc) is 2.62. The molecule has 0 bridgehead atoms. The molecule has 1 aromatic heterocycles. The van der Waals surface area contributed by atoms with Gasteiger partial charge in [-0.05, 0) is 30.5 Å². The number of carboxylic acids is 1. The van der Waals surface area contributed by atoms with E-state index in [2.05, 4.69) is 0 Å². The number of carbonyl (C=O) groups is 1. The number of aromatic nitrogens is 1. The number of sulfone groups is 1. The molecule has 102 valence electrons. The van der Waals surface area contributed by atoms with Gasteiger partial charge in [0.1, 0.15) is 0 Å². The summed E-state index contributed by atoms with van der Waals surface area (Å²) in [6.45, 7) is 2.50. The summed E-state index contributed by atoms with van der Waals surface area (Å²) in [4.78, 5) is 11.0. The molecule has 0 unspecified atom stereocenters. The van der Waals surface area contributed by atoms with E-state index in [0.29, 0.717) is 12.2 Å². The van der Waals surface area contributed by atoms with Gasteiger partial charge >= 0.3 is 5.97 Å². The summed E-state index contributed by atoms with van der Waals surface area (Å²) < 4.78 is 24.7. The van der Waals surface area contributed by atoms with E-state index in [0.717, 1.165) is 10.9 Å². The second-order valence-corrected chi connectivity index (χ2v) is 6.67. The van der Waals surface area contributed by atoms with Gasteiger partial charge in [-0.15, -0.1) is 0 Å². The van der Waals surface area contributed by atoms with Crippen molar-refractivity contribution in [1.29, 1.82) is 0 Å². The molecular formula is C13H15NO4S. The quantitative estimate of drug-likeness (QED) is 0.928. The summed E-state index contributed by atoms with van der Waals surface area (Å²) in [7, 11) is -3.12. The molecule has 0 radical (unpaired) electrons. The third kappa shape index (κ3) is 2.78. The van der Waals surface area contributed by atoms with E-state index in [1.54, 1.807) is 18.2 Å². The van der Waals surface area contributed by atoms with E-state index in [1.807, 2.05) is 11.5 Å². The van der Waals surface area contributed by atoms with Crippen LogP contribution >= 0.6 is 0 Å². The van der Waals surface area contributed by atoms with Crippen molar-refractivity contribution in [2.75, 3.05) is 6.26 Å². The molecule has 0 saturated heterocycles. The highest BCUT2D eigenvalue weighted by Gasteiger charge is 2.14. The molecule has 0 aliphatic rings. The average molecular weight is 281 g/mol. The Morgan fingerprint density at radius 2 is 2.00 bits per heavy atom. The van der Waals surface area contributed by atoms with Crippen molar-refractivity contribution < 1.29 is 18.3 Å². The SMILES string of the molecule is CCn1c(CS(C)(=O)=O)cc2ccc(C(=O)O)cc21. The monoisotopic (exact) mass is 281 g/mol. The van der Waals surface area contributed by atoms with E-state index in [9.17, 15) is 13.2 Å². The number of hydrogen-bond acceptors (Lipinski definition) is 3. The third-order valence-corrected chi connectivity index (χ3v) is 3.78. The van der Waals surface area contributed by atoms with Crippen LogP contribution in [0.15, 0.2) is 24.3 Å². The third-order valence-electron chi connectivity index (χ3n) is 2.96. The molecule has 5 nitrogen and oxygen atoms in total. The first-order valence-electron chi connectivity index (χ1n) is 5.85. The maximum atomic E-state index is 11.4. The Hall–Kier alpha value is -1.82. The lowest BCUT2D eigenvalue weighted by Crippen LogP contribution is -2.07. The Kier molecular flexibility index (Phi) is 3.36. The summed E-state index contributed by atoms with van der Waals surface area (Å²) in [5.74, 6) is -1.03. The van der Waals surface area contributed by atoms with Crippen molar-refractivity contribution in [3.8, 4) is 0 Å². The van der Waals surface area contributed by atoms with Crippen molar-refractivity contribution in [2.45, 2.75) is 19.2 Å². The largest absolute Gasteiger partial charge is 0.478 e. The molecule has 19 heavy (non-hydrogen) atoms. The van der Waals surface area contributed by atoms with E-state index in [1.165, 1.54) is 12.3 Å². The van der Waals surface area contributed by atoms with Crippen LogP contribution in [0.4, 0.5) is 0 Å². The van der Waals surface area contributed by atoms with Crippen LogP contribution in [-0.4, -0.2) is 30.3 Å². The van der Waals surface area contributed by atoms with E-state index in [-0.39, 0.29) is 11.3 Å². The summed E-state index contributed by atoms with van der Waals surface area (Å²) >= 11 is 0. The zero-order valence-corrected chi connectivity index (χ0v) is 11.6. The number of fused-ring (bicyclic) bond motifs is 1. The van der Waals surface area contributed by atoms with Gasteiger partial charge in [0, 0.05) is 24.0 Å². The van der Waals surface area contributed by atoms with Crippen LogP contribution in [0.1, 0.15) is 23.0 Å². The van der Waals surface area contributed by atoms with Gasteiger partial charge < -0.3 is 9.67 Å². The van der Waals surface area contributed by atoms with Crippen molar-refractivity contribution >= 4 is 26.7 Å². The van der Waals surface area contributed by atoms with Gasteiger partial charge in [0.2, 0.25) is 0 Å². The fourth-order valence-electron chi connectivity index (χ4n) is 2.21. The maximum Gasteiger partial charge on any atom is 0.335 e. The molecule has 2 aromatic rings. The molecule has 1 heterocycles. The van der Waals surface area contributed by atoms with E-state index in [4.69, 9.17) is 5.11 Å². The topological polar surface area (TPSA) is 76.4 Å². The summed E-state index contributed by atoms with van der Waals surface area (Å²) in [5, 5.41) is 9.85. The molecule has 0 amide bonds. The van der Waals surface area contributed by atoms with Gasteiger partial charge in [-0.3, -0.25) is 0 Å². The first-order valence-corrected chi connectivity index (χ1v) is 7.91. The molecule has 0 spiro atoms. The van der Waals surface area contributed by atoms with Gasteiger partial charge in [0.25, 0.3) is 0 Å². The summed E-state index contributed by atoms with van der Waals surface area (Å²) in [6.07, 6.45) is 1.19. The van der Waals surface area contributed by atoms with Gasteiger partial charge in [0.05, 0.1) is 11.3 Å². The Labute approximate surface area is 111 Å². The smallest absolute Gasteiger partial charge is 0.335 e. The number of nitrogens with zero attached hydrogens (tertiary/aromatic N) is 1. The predicted molar refractivity (Wildman–Crippen MR) is 73.1 cm³/mol. The van der Waals surface area contributed by atoms with Crippen LogP contribution in [0.25, 0.3) is 10.9 Å².